The van der Waals surface area contributed by atoms with Gasteiger partial charge in [-0.3, -0.25) is 4.39 Å². The van der Waals surface area contributed by atoms with Crippen molar-refractivity contribution in [2.45, 2.75) is 42.7 Å². The quantitative estimate of drug-likeness (QED) is 0.374. The van der Waals surface area contributed by atoms with E-state index < -0.39 is 4.18 Å². The van der Waals surface area contributed by atoms with Crippen molar-refractivity contribution in [2.75, 3.05) is 6.67 Å². The first-order chi connectivity index (χ1) is 5.27. The number of rotatable bonds is 7. The molecule has 1 unspecified atom stereocenters. The van der Waals surface area contributed by atoms with Crippen molar-refractivity contribution in [1.82, 2.24) is 0 Å². The van der Waals surface area contributed by atoms with E-state index in [0.29, 0.717) is 12.8 Å². The third kappa shape index (κ3) is 10.6. The SMILES string of the molecule is FCCCCCCCC(F)I. The zero-order valence-electron chi connectivity index (χ0n) is 6.66. The highest BCUT2D eigenvalue weighted by Gasteiger charge is 1.98. The van der Waals surface area contributed by atoms with Crippen molar-refractivity contribution in [3.8, 4) is 0 Å². The molecule has 0 radical (unpaired) electrons. The molecule has 0 aromatic rings. The lowest BCUT2D eigenvalue weighted by molar-refractivity contribution is 0.420. The average Bonchev–Trinajstić information content (AvgIpc) is 1.96. The van der Waals surface area contributed by atoms with E-state index in [1.165, 1.54) is 0 Å². The van der Waals surface area contributed by atoms with Crippen LogP contribution in [0, 0.1) is 0 Å². The van der Waals surface area contributed by atoms with Gasteiger partial charge < -0.3 is 0 Å². The first-order valence-corrected chi connectivity index (χ1v) is 5.36. The Morgan fingerprint density at radius 3 is 2.09 bits per heavy atom. The summed E-state index contributed by atoms with van der Waals surface area (Å²) in [5.41, 5.74) is 0. The standard InChI is InChI=1S/C8H15F2I/c9-7-5-3-1-2-4-6-8(10)11/h8H,1-7H2. The van der Waals surface area contributed by atoms with Crippen molar-refractivity contribution in [3.05, 3.63) is 0 Å². The Labute approximate surface area is 80.9 Å². The van der Waals surface area contributed by atoms with Gasteiger partial charge in [0, 0.05) is 0 Å². The van der Waals surface area contributed by atoms with Gasteiger partial charge in [0.05, 0.1) is 6.67 Å². The molecule has 68 valence electrons. The number of halogens is 3. The van der Waals surface area contributed by atoms with E-state index in [2.05, 4.69) is 0 Å². The predicted molar refractivity (Wildman–Crippen MR) is 52.6 cm³/mol. The Balaban J connectivity index is 2.80. The second kappa shape index (κ2) is 8.68. The Hall–Kier alpha value is 0.590. The predicted octanol–water partition coefficient (Wildman–Crippen LogP) is 4.03. The minimum Gasteiger partial charge on any atom is -0.251 e. The van der Waals surface area contributed by atoms with Crippen molar-refractivity contribution in [1.29, 1.82) is 0 Å². The molecule has 0 fully saturated rings. The molecule has 1 atom stereocenters. The van der Waals surface area contributed by atoms with E-state index >= 15 is 0 Å². The van der Waals surface area contributed by atoms with E-state index in [1.807, 2.05) is 0 Å². The molecule has 11 heavy (non-hydrogen) atoms. The minimum atomic E-state index is -0.700. The van der Waals surface area contributed by atoms with Crippen LogP contribution in [-0.4, -0.2) is 10.9 Å². The van der Waals surface area contributed by atoms with E-state index in [0.717, 1.165) is 25.7 Å². The van der Waals surface area contributed by atoms with Crippen molar-refractivity contribution >= 4 is 22.6 Å². The van der Waals surface area contributed by atoms with E-state index in [4.69, 9.17) is 0 Å². The summed E-state index contributed by atoms with van der Waals surface area (Å²) in [4.78, 5) is 0. The van der Waals surface area contributed by atoms with Crippen LogP contribution in [-0.2, 0) is 0 Å². The second-order valence-electron chi connectivity index (χ2n) is 2.64. The maximum absolute atomic E-state index is 12.2. The molecule has 0 aliphatic carbocycles. The summed E-state index contributed by atoms with van der Waals surface area (Å²) in [7, 11) is 0. The first kappa shape index (κ1) is 11.6. The molecule has 0 spiro atoms. The van der Waals surface area contributed by atoms with Gasteiger partial charge in [-0.25, -0.2) is 4.39 Å². The fraction of sp³-hybridized carbons (Fsp3) is 1.00. The molecule has 0 saturated carbocycles. The largest absolute Gasteiger partial charge is 0.251 e. The van der Waals surface area contributed by atoms with E-state index in [9.17, 15) is 8.78 Å². The lowest BCUT2D eigenvalue weighted by Gasteiger charge is -1.99. The summed E-state index contributed by atoms with van der Waals surface area (Å²) < 4.78 is 23.1. The maximum Gasteiger partial charge on any atom is 0.151 e. The van der Waals surface area contributed by atoms with Crippen molar-refractivity contribution in [2.24, 2.45) is 0 Å². The van der Waals surface area contributed by atoms with Crippen LogP contribution >= 0.6 is 22.6 Å². The summed E-state index contributed by atoms with van der Waals surface area (Å²) in [5.74, 6) is 0. The molecule has 0 N–H and O–H groups in total. The summed E-state index contributed by atoms with van der Waals surface area (Å²) in [6.45, 7) is -0.210. The average molecular weight is 276 g/mol. The van der Waals surface area contributed by atoms with Crippen LogP contribution in [0.1, 0.15) is 38.5 Å². The molecule has 0 bridgehead atoms. The molecule has 0 heterocycles. The van der Waals surface area contributed by atoms with Gasteiger partial charge >= 0.3 is 0 Å². The Kier molecular flexibility index (Phi) is 9.15. The van der Waals surface area contributed by atoms with Crippen LogP contribution in [0.5, 0.6) is 0 Å². The van der Waals surface area contributed by atoms with Crippen molar-refractivity contribution < 1.29 is 8.78 Å². The Morgan fingerprint density at radius 1 is 1.00 bits per heavy atom. The van der Waals surface area contributed by atoms with Crippen LogP contribution in [0.4, 0.5) is 8.78 Å². The lowest BCUT2D eigenvalue weighted by Crippen LogP contribution is -1.87. The molecule has 0 aliphatic rings. The summed E-state index contributed by atoms with van der Waals surface area (Å²) in [5, 5.41) is 0. The third-order valence-corrected chi connectivity index (χ3v) is 2.18. The van der Waals surface area contributed by atoms with Crippen LogP contribution in [0.15, 0.2) is 0 Å². The highest BCUT2D eigenvalue weighted by atomic mass is 127. The number of unbranched alkanes of at least 4 members (excludes halogenated alkanes) is 4. The first-order valence-electron chi connectivity index (χ1n) is 4.11. The number of hydrogen-bond acceptors (Lipinski definition) is 0. The summed E-state index contributed by atoms with van der Waals surface area (Å²) in [6, 6.07) is 0. The van der Waals surface area contributed by atoms with Gasteiger partial charge in [-0.15, -0.1) is 0 Å². The zero-order chi connectivity index (χ0) is 8.53. The molecule has 0 aromatic carbocycles. The molecular formula is C8H15F2I. The fourth-order valence-corrected chi connectivity index (χ4v) is 1.36. The van der Waals surface area contributed by atoms with Gasteiger partial charge in [0.1, 0.15) is 0 Å². The van der Waals surface area contributed by atoms with Gasteiger partial charge in [-0.05, 0) is 41.9 Å². The van der Waals surface area contributed by atoms with Crippen LogP contribution in [0.25, 0.3) is 0 Å². The van der Waals surface area contributed by atoms with Crippen LogP contribution < -0.4 is 0 Å². The molecule has 0 aromatic heterocycles. The van der Waals surface area contributed by atoms with E-state index in [-0.39, 0.29) is 6.67 Å². The Morgan fingerprint density at radius 2 is 1.55 bits per heavy atom. The van der Waals surface area contributed by atoms with Gasteiger partial charge in [0.15, 0.2) is 4.18 Å². The highest BCUT2D eigenvalue weighted by molar-refractivity contribution is 14.1. The number of alkyl halides is 3. The Bertz CT molecular complexity index is 76.5. The molecule has 0 nitrogen and oxygen atoms in total. The minimum absolute atomic E-state index is 0.210. The molecule has 0 aliphatic heterocycles. The summed E-state index contributed by atoms with van der Waals surface area (Å²) in [6.07, 6.45) is 5.31. The second-order valence-corrected chi connectivity index (χ2v) is 3.99. The zero-order valence-corrected chi connectivity index (χ0v) is 8.82. The highest BCUT2D eigenvalue weighted by Crippen LogP contribution is 2.13. The normalized spacial score (nSPS) is 13.4. The van der Waals surface area contributed by atoms with Gasteiger partial charge in [0.25, 0.3) is 0 Å². The molecular weight excluding hydrogens is 261 g/mol. The monoisotopic (exact) mass is 276 g/mol. The summed E-state index contributed by atoms with van der Waals surface area (Å²) >= 11 is 1.78. The fourth-order valence-electron chi connectivity index (χ4n) is 0.923. The van der Waals surface area contributed by atoms with Crippen LogP contribution in [0.2, 0.25) is 0 Å². The van der Waals surface area contributed by atoms with Gasteiger partial charge in [-0.1, -0.05) is 19.3 Å². The molecule has 0 amide bonds. The third-order valence-electron chi connectivity index (χ3n) is 1.56. The van der Waals surface area contributed by atoms with E-state index in [1.54, 1.807) is 22.6 Å². The van der Waals surface area contributed by atoms with Gasteiger partial charge in [-0.2, -0.15) is 0 Å². The molecule has 0 rings (SSSR count). The molecule has 0 saturated heterocycles. The smallest absolute Gasteiger partial charge is 0.151 e. The number of hydrogen-bond donors (Lipinski definition) is 0. The van der Waals surface area contributed by atoms with Crippen molar-refractivity contribution in [3.63, 3.8) is 0 Å². The topological polar surface area (TPSA) is 0 Å². The van der Waals surface area contributed by atoms with Gasteiger partial charge in [0.2, 0.25) is 0 Å². The molecule has 3 heteroatoms. The van der Waals surface area contributed by atoms with Crippen LogP contribution in [0.3, 0.4) is 0 Å². The maximum atomic E-state index is 12.2. The lowest BCUT2D eigenvalue weighted by atomic mass is 10.1.